The van der Waals surface area contributed by atoms with Crippen molar-refractivity contribution in [2.45, 2.75) is 4.84 Å². The highest BCUT2D eigenvalue weighted by atomic mass is 35.5. The summed E-state index contributed by atoms with van der Waals surface area (Å²) in [5, 5.41) is 0. The Morgan fingerprint density at radius 3 is 2.70 bits per heavy atom. The van der Waals surface area contributed by atoms with E-state index in [-0.39, 0.29) is 5.91 Å². The molecule has 1 aliphatic heterocycles. The lowest BCUT2D eigenvalue weighted by atomic mass is 10.5. The molecular formula is C5H7Cl2NOS. The van der Waals surface area contributed by atoms with Gasteiger partial charge in [-0.25, -0.2) is 0 Å². The smallest absolute Gasteiger partial charge is 0.256 e. The number of rotatable bonds is 1. The molecule has 0 bridgehead atoms. The van der Waals surface area contributed by atoms with E-state index in [1.807, 2.05) is 0 Å². The fourth-order valence-corrected chi connectivity index (χ4v) is 1.96. The minimum absolute atomic E-state index is 0.173. The summed E-state index contributed by atoms with van der Waals surface area (Å²) < 4.78 is 0. The van der Waals surface area contributed by atoms with Crippen molar-refractivity contribution in [1.82, 2.24) is 4.90 Å². The van der Waals surface area contributed by atoms with Crippen molar-refractivity contribution in [1.29, 1.82) is 0 Å². The Kier molecular flexibility index (Phi) is 3.14. The summed E-state index contributed by atoms with van der Waals surface area (Å²) in [5.41, 5.74) is 0. The van der Waals surface area contributed by atoms with Crippen molar-refractivity contribution in [3.8, 4) is 0 Å². The Hall–Kier alpha value is 0.400. The SMILES string of the molecule is O=C(C(Cl)Cl)N1CCSC1. The highest BCUT2D eigenvalue weighted by Gasteiger charge is 2.22. The van der Waals surface area contributed by atoms with E-state index >= 15 is 0 Å². The molecule has 0 N–H and O–H groups in total. The van der Waals surface area contributed by atoms with E-state index in [4.69, 9.17) is 23.2 Å². The molecule has 0 unspecified atom stereocenters. The van der Waals surface area contributed by atoms with Gasteiger partial charge in [0.05, 0.1) is 5.88 Å². The topological polar surface area (TPSA) is 20.3 Å². The monoisotopic (exact) mass is 199 g/mol. The van der Waals surface area contributed by atoms with Crippen LogP contribution < -0.4 is 0 Å². The molecule has 10 heavy (non-hydrogen) atoms. The molecule has 0 atom stereocenters. The van der Waals surface area contributed by atoms with Crippen LogP contribution in [0.3, 0.4) is 0 Å². The third-order valence-electron chi connectivity index (χ3n) is 1.25. The Bertz CT molecular complexity index is 136. The molecule has 0 aromatic rings. The average Bonchev–Trinajstić information content (AvgIpc) is 2.36. The van der Waals surface area contributed by atoms with E-state index in [2.05, 4.69) is 0 Å². The summed E-state index contributed by atoms with van der Waals surface area (Å²) >= 11 is 12.5. The molecule has 1 rings (SSSR count). The molecule has 1 aliphatic rings. The lowest BCUT2D eigenvalue weighted by Crippen LogP contribution is -2.32. The summed E-state index contributed by atoms with van der Waals surface area (Å²) in [6.07, 6.45) is 0. The number of hydrogen-bond donors (Lipinski definition) is 0. The molecule has 1 heterocycles. The van der Waals surface area contributed by atoms with E-state index < -0.39 is 4.84 Å². The van der Waals surface area contributed by atoms with Crippen molar-refractivity contribution in [3.63, 3.8) is 0 Å². The highest BCUT2D eigenvalue weighted by Crippen LogP contribution is 2.16. The van der Waals surface area contributed by atoms with Crippen LogP contribution in [0.4, 0.5) is 0 Å². The van der Waals surface area contributed by atoms with Crippen LogP contribution >= 0.6 is 35.0 Å². The Labute approximate surface area is 73.8 Å². The summed E-state index contributed by atoms with van der Waals surface area (Å²) in [6.45, 7) is 0.777. The number of nitrogens with zero attached hydrogens (tertiary/aromatic N) is 1. The molecule has 58 valence electrons. The number of carbonyl (C=O) groups is 1. The number of halogens is 2. The van der Waals surface area contributed by atoms with Gasteiger partial charge in [0.25, 0.3) is 5.91 Å². The molecule has 0 aromatic heterocycles. The van der Waals surface area contributed by atoms with Gasteiger partial charge in [-0.05, 0) is 0 Å². The molecule has 5 heteroatoms. The molecule has 0 spiro atoms. The predicted molar refractivity (Wildman–Crippen MR) is 44.5 cm³/mol. The fourth-order valence-electron chi connectivity index (χ4n) is 0.726. The molecule has 1 amide bonds. The quantitative estimate of drug-likeness (QED) is 0.595. The molecule has 0 aliphatic carbocycles. The summed E-state index contributed by atoms with van der Waals surface area (Å²) in [6, 6.07) is 0. The largest absolute Gasteiger partial charge is 0.330 e. The van der Waals surface area contributed by atoms with E-state index in [1.165, 1.54) is 0 Å². The van der Waals surface area contributed by atoms with Gasteiger partial charge in [0.1, 0.15) is 0 Å². The first-order valence-corrected chi connectivity index (χ1v) is 4.89. The van der Waals surface area contributed by atoms with Crippen LogP contribution in [0.1, 0.15) is 0 Å². The van der Waals surface area contributed by atoms with Gasteiger partial charge in [-0.1, -0.05) is 23.2 Å². The molecule has 0 saturated carbocycles. The number of alkyl halides is 2. The van der Waals surface area contributed by atoms with E-state index in [1.54, 1.807) is 16.7 Å². The number of hydrogen-bond acceptors (Lipinski definition) is 2. The van der Waals surface area contributed by atoms with Crippen LogP contribution in [0.2, 0.25) is 0 Å². The van der Waals surface area contributed by atoms with Gasteiger partial charge in [-0.2, -0.15) is 0 Å². The normalized spacial score (nSPS) is 18.5. The highest BCUT2D eigenvalue weighted by molar-refractivity contribution is 7.99. The maximum Gasteiger partial charge on any atom is 0.256 e. The van der Waals surface area contributed by atoms with Crippen molar-refractivity contribution in [2.24, 2.45) is 0 Å². The van der Waals surface area contributed by atoms with Crippen LogP contribution in [0.25, 0.3) is 0 Å². The molecule has 1 saturated heterocycles. The van der Waals surface area contributed by atoms with Gasteiger partial charge in [-0.3, -0.25) is 4.79 Å². The van der Waals surface area contributed by atoms with Gasteiger partial charge >= 0.3 is 0 Å². The fraction of sp³-hybridized carbons (Fsp3) is 0.800. The standard InChI is InChI=1S/C5H7Cl2NOS/c6-4(7)5(9)8-1-2-10-3-8/h4H,1-3H2. The Morgan fingerprint density at radius 2 is 2.30 bits per heavy atom. The number of amides is 1. The van der Waals surface area contributed by atoms with Crippen molar-refractivity contribution in [2.75, 3.05) is 18.2 Å². The average molecular weight is 200 g/mol. The second-order valence-electron chi connectivity index (χ2n) is 1.94. The van der Waals surface area contributed by atoms with E-state index in [9.17, 15) is 4.79 Å². The van der Waals surface area contributed by atoms with Gasteiger partial charge in [0.2, 0.25) is 0 Å². The third-order valence-corrected chi connectivity index (χ3v) is 2.59. The van der Waals surface area contributed by atoms with Gasteiger partial charge in [0.15, 0.2) is 4.84 Å². The van der Waals surface area contributed by atoms with Crippen molar-refractivity contribution in [3.05, 3.63) is 0 Å². The zero-order valence-corrected chi connectivity index (χ0v) is 7.55. The zero-order chi connectivity index (χ0) is 7.56. The summed E-state index contributed by atoms with van der Waals surface area (Å²) in [4.78, 5) is 11.8. The van der Waals surface area contributed by atoms with E-state index in [0.717, 1.165) is 18.2 Å². The lowest BCUT2D eigenvalue weighted by molar-refractivity contribution is -0.127. The molecule has 0 radical (unpaired) electrons. The summed E-state index contributed by atoms with van der Waals surface area (Å²) in [5.74, 6) is 1.55. The van der Waals surface area contributed by atoms with Crippen LogP contribution in [-0.4, -0.2) is 33.8 Å². The third kappa shape index (κ3) is 1.94. The van der Waals surface area contributed by atoms with E-state index in [0.29, 0.717) is 0 Å². The van der Waals surface area contributed by atoms with Gasteiger partial charge in [0, 0.05) is 12.3 Å². The molecular weight excluding hydrogens is 193 g/mol. The molecule has 0 aromatic carbocycles. The van der Waals surface area contributed by atoms with Crippen molar-refractivity contribution < 1.29 is 4.79 Å². The number of carbonyl (C=O) groups excluding carboxylic acids is 1. The van der Waals surface area contributed by atoms with Crippen LogP contribution in [0.5, 0.6) is 0 Å². The van der Waals surface area contributed by atoms with Crippen LogP contribution in [-0.2, 0) is 4.79 Å². The first kappa shape index (κ1) is 8.50. The zero-order valence-electron chi connectivity index (χ0n) is 5.22. The van der Waals surface area contributed by atoms with Crippen molar-refractivity contribution >= 4 is 40.9 Å². The van der Waals surface area contributed by atoms with Crippen LogP contribution in [0, 0.1) is 0 Å². The molecule has 2 nitrogen and oxygen atoms in total. The lowest BCUT2D eigenvalue weighted by Gasteiger charge is -2.13. The second-order valence-corrected chi connectivity index (χ2v) is 4.11. The second kappa shape index (κ2) is 3.69. The first-order valence-electron chi connectivity index (χ1n) is 2.86. The predicted octanol–water partition coefficient (Wildman–Crippen LogP) is 1.32. The van der Waals surface area contributed by atoms with Gasteiger partial charge in [-0.15, -0.1) is 11.8 Å². The first-order chi connectivity index (χ1) is 4.72. The molecule has 1 fully saturated rings. The maximum absolute atomic E-state index is 11.0. The minimum atomic E-state index is -0.890. The number of thioether (sulfide) groups is 1. The Balaban J connectivity index is 2.40. The maximum atomic E-state index is 11.0. The Morgan fingerprint density at radius 1 is 1.60 bits per heavy atom. The van der Waals surface area contributed by atoms with Crippen LogP contribution in [0.15, 0.2) is 0 Å². The summed E-state index contributed by atoms with van der Waals surface area (Å²) in [7, 11) is 0. The van der Waals surface area contributed by atoms with Gasteiger partial charge < -0.3 is 4.90 Å². The minimum Gasteiger partial charge on any atom is -0.330 e.